The van der Waals surface area contributed by atoms with Gasteiger partial charge in [-0.15, -0.1) is 0 Å². The second-order valence-corrected chi connectivity index (χ2v) is 6.50. The van der Waals surface area contributed by atoms with Gasteiger partial charge in [-0.3, -0.25) is 4.79 Å². The van der Waals surface area contributed by atoms with Gasteiger partial charge in [0.25, 0.3) is 5.91 Å². The molecule has 0 unspecified atom stereocenters. The molecule has 1 fully saturated rings. The van der Waals surface area contributed by atoms with Gasteiger partial charge in [-0.05, 0) is 56.2 Å². The smallest absolute Gasteiger partial charge is 0.409 e. The number of nitrogens with zero attached hydrogens (tertiary/aromatic N) is 1. The molecule has 6 heteroatoms. The average molecular weight is 367 g/mol. The number of rotatable bonds is 5. The summed E-state index contributed by atoms with van der Waals surface area (Å²) >= 11 is 0. The second-order valence-electron chi connectivity index (χ2n) is 6.50. The molecule has 2 aromatic carbocycles. The van der Waals surface area contributed by atoms with E-state index in [1.807, 2.05) is 49.4 Å². The van der Waals surface area contributed by atoms with Crippen LogP contribution < -0.4 is 10.6 Å². The van der Waals surface area contributed by atoms with E-state index >= 15 is 0 Å². The predicted octanol–water partition coefficient (Wildman–Crippen LogP) is 3.97. The van der Waals surface area contributed by atoms with Crippen LogP contribution in [0.15, 0.2) is 54.6 Å². The molecular formula is C21H25N3O3. The number of carbonyl (C=O) groups is 2. The summed E-state index contributed by atoms with van der Waals surface area (Å²) in [6, 6.07) is 17.1. The largest absolute Gasteiger partial charge is 0.450 e. The number of piperidine rings is 1. The fourth-order valence-electron chi connectivity index (χ4n) is 3.10. The number of amides is 2. The lowest BCUT2D eigenvalue weighted by Gasteiger charge is -2.32. The monoisotopic (exact) mass is 367 g/mol. The Hall–Kier alpha value is -3.02. The van der Waals surface area contributed by atoms with Gasteiger partial charge >= 0.3 is 6.09 Å². The van der Waals surface area contributed by atoms with E-state index in [0.717, 1.165) is 24.2 Å². The molecule has 0 aromatic heterocycles. The summed E-state index contributed by atoms with van der Waals surface area (Å²) in [5.41, 5.74) is 2.39. The van der Waals surface area contributed by atoms with E-state index in [0.29, 0.717) is 31.3 Å². The lowest BCUT2D eigenvalue weighted by molar-refractivity contribution is 0.0981. The summed E-state index contributed by atoms with van der Waals surface area (Å²) in [5, 5.41) is 6.39. The highest BCUT2D eigenvalue weighted by molar-refractivity contribution is 6.04. The van der Waals surface area contributed by atoms with E-state index in [-0.39, 0.29) is 12.0 Å². The molecule has 2 N–H and O–H groups in total. The minimum Gasteiger partial charge on any atom is -0.450 e. The van der Waals surface area contributed by atoms with Crippen LogP contribution in [-0.2, 0) is 4.74 Å². The highest BCUT2D eigenvalue weighted by Crippen LogP contribution is 2.19. The first-order valence-corrected chi connectivity index (χ1v) is 9.30. The fraction of sp³-hybridized carbons (Fsp3) is 0.333. The molecule has 0 radical (unpaired) electrons. The molecule has 0 saturated carbocycles. The van der Waals surface area contributed by atoms with Crippen molar-refractivity contribution < 1.29 is 14.3 Å². The molecule has 0 atom stereocenters. The van der Waals surface area contributed by atoms with E-state index in [1.165, 1.54) is 0 Å². The van der Waals surface area contributed by atoms with Crippen molar-refractivity contribution in [3.8, 4) is 0 Å². The number of likely N-dealkylation sites (tertiary alicyclic amines) is 1. The Labute approximate surface area is 159 Å². The van der Waals surface area contributed by atoms with Gasteiger partial charge in [0, 0.05) is 36.1 Å². The molecule has 2 amide bonds. The summed E-state index contributed by atoms with van der Waals surface area (Å²) in [7, 11) is 0. The lowest BCUT2D eigenvalue weighted by atomic mass is 10.0. The Morgan fingerprint density at radius 3 is 2.26 bits per heavy atom. The zero-order valence-corrected chi connectivity index (χ0v) is 15.5. The van der Waals surface area contributed by atoms with Gasteiger partial charge in [-0.2, -0.15) is 0 Å². The quantitative estimate of drug-likeness (QED) is 0.839. The van der Waals surface area contributed by atoms with Crippen molar-refractivity contribution in [3.63, 3.8) is 0 Å². The molecular weight excluding hydrogens is 342 g/mol. The molecule has 27 heavy (non-hydrogen) atoms. The number of benzene rings is 2. The van der Waals surface area contributed by atoms with Crippen LogP contribution in [0, 0.1) is 0 Å². The third kappa shape index (κ3) is 5.23. The first-order chi connectivity index (χ1) is 13.2. The van der Waals surface area contributed by atoms with Crippen molar-refractivity contribution in [2.75, 3.05) is 30.3 Å². The van der Waals surface area contributed by atoms with Gasteiger partial charge in [0.2, 0.25) is 0 Å². The van der Waals surface area contributed by atoms with Gasteiger partial charge < -0.3 is 20.3 Å². The first kappa shape index (κ1) is 18.8. The van der Waals surface area contributed by atoms with Crippen molar-refractivity contribution in [1.29, 1.82) is 0 Å². The maximum absolute atomic E-state index is 12.2. The Kier molecular flexibility index (Phi) is 6.30. The Morgan fingerprint density at radius 2 is 1.63 bits per heavy atom. The molecule has 0 spiro atoms. The van der Waals surface area contributed by atoms with Crippen molar-refractivity contribution in [2.24, 2.45) is 0 Å². The topological polar surface area (TPSA) is 70.7 Å². The fourth-order valence-corrected chi connectivity index (χ4v) is 3.10. The Balaban J connectivity index is 1.48. The minimum atomic E-state index is -0.227. The van der Waals surface area contributed by atoms with Crippen LogP contribution in [0.25, 0.3) is 0 Å². The number of carbonyl (C=O) groups excluding carboxylic acids is 2. The number of anilines is 2. The molecule has 3 rings (SSSR count). The lowest BCUT2D eigenvalue weighted by Crippen LogP contribution is -2.42. The predicted molar refractivity (Wildman–Crippen MR) is 106 cm³/mol. The second kappa shape index (κ2) is 9.07. The van der Waals surface area contributed by atoms with Crippen LogP contribution in [-0.4, -0.2) is 42.6 Å². The highest BCUT2D eigenvalue weighted by atomic mass is 16.6. The average Bonchev–Trinajstić information content (AvgIpc) is 2.71. The molecule has 0 aliphatic carbocycles. The zero-order chi connectivity index (χ0) is 19.1. The van der Waals surface area contributed by atoms with Gasteiger partial charge in [0.1, 0.15) is 0 Å². The van der Waals surface area contributed by atoms with Gasteiger partial charge in [0.15, 0.2) is 0 Å². The molecule has 2 aromatic rings. The zero-order valence-electron chi connectivity index (χ0n) is 15.5. The van der Waals surface area contributed by atoms with Crippen LogP contribution in [0.2, 0.25) is 0 Å². The first-order valence-electron chi connectivity index (χ1n) is 9.30. The maximum atomic E-state index is 12.2. The van der Waals surface area contributed by atoms with Crippen LogP contribution in [0.4, 0.5) is 16.2 Å². The normalized spacial score (nSPS) is 14.5. The van der Waals surface area contributed by atoms with Gasteiger partial charge in [0.05, 0.1) is 6.61 Å². The minimum absolute atomic E-state index is 0.123. The molecule has 1 aliphatic heterocycles. The highest BCUT2D eigenvalue weighted by Gasteiger charge is 2.23. The molecule has 1 aliphatic rings. The van der Waals surface area contributed by atoms with Crippen molar-refractivity contribution in [1.82, 2.24) is 4.90 Å². The van der Waals surface area contributed by atoms with E-state index < -0.39 is 0 Å². The molecule has 1 saturated heterocycles. The summed E-state index contributed by atoms with van der Waals surface area (Å²) < 4.78 is 5.04. The van der Waals surface area contributed by atoms with Crippen LogP contribution in [0.1, 0.15) is 30.1 Å². The molecule has 0 bridgehead atoms. The van der Waals surface area contributed by atoms with Crippen LogP contribution >= 0.6 is 0 Å². The summed E-state index contributed by atoms with van der Waals surface area (Å²) in [4.78, 5) is 25.7. The third-order valence-corrected chi connectivity index (χ3v) is 4.57. The standard InChI is InChI=1S/C21H25N3O3/c1-2-27-21(26)24-14-12-19(13-15-24)22-17-8-10-18(11-9-17)23-20(25)16-6-4-3-5-7-16/h3-11,19,22H,2,12-15H2,1H3,(H,23,25). The Bertz CT molecular complexity index is 754. The number of nitrogens with one attached hydrogen (secondary N) is 2. The number of hydrogen-bond donors (Lipinski definition) is 2. The molecule has 142 valence electrons. The number of hydrogen-bond acceptors (Lipinski definition) is 4. The van der Waals surface area contributed by atoms with E-state index in [9.17, 15) is 9.59 Å². The van der Waals surface area contributed by atoms with E-state index in [1.54, 1.807) is 17.0 Å². The van der Waals surface area contributed by atoms with Gasteiger partial charge in [-0.25, -0.2) is 4.79 Å². The number of ether oxygens (including phenoxy) is 1. The van der Waals surface area contributed by atoms with E-state index in [4.69, 9.17) is 4.74 Å². The van der Waals surface area contributed by atoms with Crippen molar-refractivity contribution in [2.45, 2.75) is 25.8 Å². The van der Waals surface area contributed by atoms with Crippen LogP contribution in [0.3, 0.4) is 0 Å². The molecule has 6 nitrogen and oxygen atoms in total. The van der Waals surface area contributed by atoms with Crippen molar-refractivity contribution in [3.05, 3.63) is 60.2 Å². The summed E-state index contributed by atoms with van der Waals surface area (Å²) in [6.45, 7) is 3.62. The van der Waals surface area contributed by atoms with E-state index in [2.05, 4.69) is 10.6 Å². The summed E-state index contributed by atoms with van der Waals surface area (Å²) in [6.07, 6.45) is 1.53. The van der Waals surface area contributed by atoms with Crippen molar-refractivity contribution >= 4 is 23.4 Å². The molecule has 1 heterocycles. The third-order valence-electron chi connectivity index (χ3n) is 4.57. The van der Waals surface area contributed by atoms with Crippen LogP contribution in [0.5, 0.6) is 0 Å². The van der Waals surface area contributed by atoms with Gasteiger partial charge in [-0.1, -0.05) is 18.2 Å². The summed E-state index contributed by atoms with van der Waals surface area (Å²) in [5.74, 6) is -0.123. The maximum Gasteiger partial charge on any atom is 0.409 e. The Morgan fingerprint density at radius 1 is 1.00 bits per heavy atom. The SMILES string of the molecule is CCOC(=O)N1CCC(Nc2ccc(NC(=O)c3ccccc3)cc2)CC1.